The second-order valence-corrected chi connectivity index (χ2v) is 7.08. The van der Waals surface area contributed by atoms with Crippen LogP contribution in [0.25, 0.3) is 17.4 Å². The molecule has 0 radical (unpaired) electrons. The molecule has 0 bridgehead atoms. The number of nitrogens with zero attached hydrogens (tertiary/aromatic N) is 3. The fourth-order valence-corrected chi connectivity index (χ4v) is 3.70. The molecule has 0 aliphatic heterocycles. The molecule has 4 rings (SSSR count). The van der Waals surface area contributed by atoms with E-state index in [1.807, 2.05) is 6.92 Å². The molecule has 28 heavy (non-hydrogen) atoms. The lowest BCUT2D eigenvalue weighted by Crippen LogP contribution is -2.24. The number of amides is 1. The lowest BCUT2D eigenvalue weighted by atomic mass is 10.1. The third-order valence-electron chi connectivity index (χ3n) is 5.22. The summed E-state index contributed by atoms with van der Waals surface area (Å²) in [7, 11) is 0. The van der Waals surface area contributed by atoms with Crippen molar-refractivity contribution in [2.24, 2.45) is 5.92 Å². The lowest BCUT2D eigenvalue weighted by molar-refractivity contribution is -0.119. The van der Waals surface area contributed by atoms with Gasteiger partial charge in [-0.05, 0) is 38.3 Å². The van der Waals surface area contributed by atoms with E-state index in [4.69, 9.17) is 4.42 Å². The monoisotopic (exact) mass is 381 g/mol. The molecule has 3 aromatic rings. The van der Waals surface area contributed by atoms with Crippen LogP contribution < -0.4 is 10.9 Å². The topological polar surface area (TPSA) is 106 Å². The molecule has 8 heteroatoms. The molecule has 0 atom stereocenters. The van der Waals surface area contributed by atoms with E-state index in [1.54, 1.807) is 31.4 Å². The zero-order chi connectivity index (χ0) is 19.7. The Kier molecular flexibility index (Phi) is 4.85. The Hall–Kier alpha value is -3.16. The van der Waals surface area contributed by atoms with E-state index < -0.39 is 0 Å². The van der Waals surface area contributed by atoms with Crippen molar-refractivity contribution in [1.29, 1.82) is 0 Å². The van der Waals surface area contributed by atoms with Gasteiger partial charge in [-0.3, -0.25) is 14.6 Å². The predicted octanol–water partition coefficient (Wildman–Crippen LogP) is 3.22. The van der Waals surface area contributed by atoms with Crippen molar-refractivity contribution in [3.8, 4) is 17.4 Å². The molecule has 146 valence electrons. The summed E-state index contributed by atoms with van der Waals surface area (Å²) in [5.41, 5.74) is 1.63. The second-order valence-electron chi connectivity index (χ2n) is 7.08. The molecule has 0 spiro atoms. The van der Waals surface area contributed by atoms with Crippen molar-refractivity contribution in [2.75, 3.05) is 5.32 Å². The number of aromatic amines is 1. The molecular weight excluding hydrogens is 358 g/mol. The first-order valence-corrected chi connectivity index (χ1v) is 9.61. The van der Waals surface area contributed by atoms with Gasteiger partial charge in [0.15, 0.2) is 5.76 Å². The molecule has 1 saturated carbocycles. The number of carbonyl (C=O) groups excluding carboxylic acids is 1. The van der Waals surface area contributed by atoms with Crippen LogP contribution >= 0.6 is 0 Å². The van der Waals surface area contributed by atoms with Crippen molar-refractivity contribution in [1.82, 2.24) is 19.7 Å². The van der Waals surface area contributed by atoms with Crippen LogP contribution in [0.3, 0.4) is 0 Å². The molecular formula is C20H23N5O3. The summed E-state index contributed by atoms with van der Waals surface area (Å²) in [5.74, 6) is 1.26. The number of nitrogens with one attached hydrogen (secondary N) is 2. The summed E-state index contributed by atoms with van der Waals surface area (Å²) >= 11 is 0. The van der Waals surface area contributed by atoms with E-state index in [0.29, 0.717) is 35.0 Å². The largest absolute Gasteiger partial charge is 0.463 e. The highest BCUT2D eigenvalue weighted by atomic mass is 16.3. The normalized spacial score (nSPS) is 14.5. The smallest absolute Gasteiger partial charge is 0.255 e. The van der Waals surface area contributed by atoms with E-state index in [-0.39, 0.29) is 23.3 Å². The number of hydrogen-bond donors (Lipinski definition) is 2. The van der Waals surface area contributed by atoms with Crippen LogP contribution in [0, 0.1) is 12.8 Å². The van der Waals surface area contributed by atoms with Gasteiger partial charge in [-0.25, -0.2) is 4.98 Å². The van der Waals surface area contributed by atoms with Gasteiger partial charge in [0.05, 0.1) is 6.26 Å². The van der Waals surface area contributed by atoms with Crippen molar-refractivity contribution in [3.05, 3.63) is 46.1 Å². The molecule has 0 unspecified atom stereocenters. The number of aryl methyl sites for hydroxylation is 1. The molecule has 3 heterocycles. The molecule has 2 N–H and O–H groups in total. The Morgan fingerprint density at radius 1 is 1.39 bits per heavy atom. The average Bonchev–Trinajstić information content (AvgIpc) is 3.42. The number of carbonyl (C=O) groups is 1. The van der Waals surface area contributed by atoms with Gasteiger partial charge in [-0.1, -0.05) is 19.8 Å². The first-order chi connectivity index (χ1) is 13.6. The minimum atomic E-state index is -0.201. The van der Waals surface area contributed by atoms with Crippen molar-refractivity contribution < 1.29 is 9.21 Å². The number of H-pyrrole nitrogens is 1. The molecule has 3 aromatic heterocycles. The van der Waals surface area contributed by atoms with Gasteiger partial charge in [-0.2, -0.15) is 9.78 Å². The third kappa shape index (κ3) is 3.37. The van der Waals surface area contributed by atoms with Crippen LogP contribution in [0.4, 0.5) is 5.82 Å². The molecule has 1 fully saturated rings. The standard InChI is InChI=1S/C20H23N5O3/c1-3-14-12(2)21-20(23-19(14)27)25-17(22-18(26)13-7-4-5-8-13)11-15(24-25)16-9-6-10-28-16/h6,9-11,13H,3-5,7-8H2,1-2H3,(H,22,26)(H,21,23,27). The zero-order valence-corrected chi connectivity index (χ0v) is 16.0. The summed E-state index contributed by atoms with van der Waals surface area (Å²) < 4.78 is 6.89. The molecule has 1 amide bonds. The summed E-state index contributed by atoms with van der Waals surface area (Å²) in [5, 5.41) is 7.47. The quantitative estimate of drug-likeness (QED) is 0.706. The SMILES string of the molecule is CCc1c(C)nc(-n2nc(-c3ccco3)cc2NC(=O)C2CCCC2)[nH]c1=O. The number of anilines is 1. The van der Waals surface area contributed by atoms with E-state index in [0.717, 1.165) is 25.7 Å². The Morgan fingerprint density at radius 3 is 2.82 bits per heavy atom. The number of hydrogen-bond acceptors (Lipinski definition) is 5. The van der Waals surface area contributed by atoms with Crippen molar-refractivity contribution in [3.63, 3.8) is 0 Å². The van der Waals surface area contributed by atoms with Crippen LogP contribution in [0.5, 0.6) is 0 Å². The van der Waals surface area contributed by atoms with Crippen molar-refractivity contribution >= 4 is 11.7 Å². The second kappa shape index (κ2) is 7.46. The van der Waals surface area contributed by atoms with Crippen LogP contribution in [-0.2, 0) is 11.2 Å². The molecule has 1 aliphatic carbocycles. The van der Waals surface area contributed by atoms with Crippen LogP contribution in [0.1, 0.15) is 43.9 Å². The molecule has 1 aliphatic rings. The van der Waals surface area contributed by atoms with Gasteiger partial charge in [0, 0.05) is 23.2 Å². The van der Waals surface area contributed by atoms with E-state index in [2.05, 4.69) is 20.4 Å². The average molecular weight is 381 g/mol. The number of aromatic nitrogens is 4. The highest BCUT2D eigenvalue weighted by molar-refractivity contribution is 5.92. The summed E-state index contributed by atoms with van der Waals surface area (Å²) in [4.78, 5) is 32.3. The Labute approximate surface area is 162 Å². The molecule has 8 nitrogen and oxygen atoms in total. The van der Waals surface area contributed by atoms with Crippen LogP contribution in [0.2, 0.25) is 0 Å². The summed E-state index contributed by atoms with van der Waals surface area (Å²) in [6, 6.07) is 5.29. The number of rotatable bonds is 5. The van der Waals surface area contributed by atoms with Gasteiger partial charge in [0.1, 0.15) is 11.5 Å². The van der Waals surface area contributed by atoms with Gasteiger partial charge in [-0.15, -0.1) is 0 Å². The highest BCUT2D eigenvalue weighted by Crippen LogP contribution is 2.28. The van der Waals surface area contributed by atoms with E-state index in [9.17, 15) is 9.59 Å². The zero-order valence-electron chi connectivity index (χ0n) is 16.0. The summed E-state index contributed by atoms with van der Waals surface area (Å²) in [6.07, 6.45) is 6.08. The maximum Gasteiger partial charge on any atom is 0.255 e. The minimum absolute atomic E-state index is 0.00613. The van der Waals surface area contributed by atoms with Gasteiger partial charge in [0.2, 0.25) is 11.9 Å². The predicted molar refractivity (Wildman–Crippen MR) is 104 cm³/mol. The van der Waals surface area contributed by atoms with Crippen LogP contribution in [-0.4, -0.2) is 25.7 Å². The maximum atomic E-state index is 12.7. The fraction of sp³-hybridized carbons (Fsp3) is 0.400. The first kappa shape index (κ1) is 18.2. The molecule has 0 aromatic carbocycles. The van der Waals surface area contributed by atoms with Gasteiger partial charge >= 0.3 is 0 Å². The lowest BCUT2D eigenvalue weighted by Gasteiger charge is -2.12. The minimum Gasteiger partial charge on any atom is -0.463 e. The third-order valence-corrected chi connectivity index (χ3v) is 5.22. The fourth-order valence-electron chi connectivity index (χ4n) is 3.70. The van der Waals surface area contributed by atoms with Crippen LogP contribution in [0.15, 0.2) is 33.7 Å². The Bertz CT molecular complexity index is 1040. The van der Waals surface area contributed by atoms with Gasteiger partial charge < -0.3 is 9.73 Å². The maximum absolute atomic E-state index is 12.7. The highest BCUT2D eigenvalue weighted by Gasteiger charge is 2.25. The first-order valence-electron chi connectivity index (χ1n) is 9.61. The molecule has 0 saturated heterocycles. The van der Waals surface area contributed by atoms with E-state index >= 15 is 0 Å². The Balaban J connectivity index is 1.76. The summed E-state index contributed by atoms with van der Waals surface area (Å²) in [6.45, 7) is 3.71. The number of furan rings is 1. The van der Waals surface area contributed by atoms with Crippen molar-refractivity contribution in [2.45, 2.75) is 46.0 Å². The van der Waals surface area contributed by atoms with Gasteiger partial charge in [0.25, 0.3) is 5.56 Å². The Morgan fingerprint density at radius 2 is 2.18 bits per heavy atom. The van der Waals surface area contributed by atoms with E-state index in [1.165, 1.54) is 4.68 Å².